The summed E-state index contributed by atoms with van der Waals surface area (Å²) in [5, 5.41) is 10.8. The van der Waals surface area contributed by atoms with Gasteiger partial charge in [0.05, 0.1) is 19.3 Å². The lowest BCUT2D eigenvalue weighted by atomic mass is 10.1. The molecule has 0 aromatic carbocycles. The minimum atomic E-state index is -0.606. The van der Waals surface area contributed by atoms with Gasteiger partial charge in [-0.05, 0) is 6.92 Å². The molecule has 1 aliphatic heterocycles. The molecule has 0 aromatic heterocycles. The van der Waals surface area contributed by atoms with E-state index in [1.54, 1.807) is 0 Å². The highest BCUT2D eigenvalue weighted by molar-refractivity contribution is 4.69. The maximum Gasteiger partial charge on any atom is 0.119 e. The fraction of sp³-hybridized carbons (Fsp3) is 0.857. The molecule has 2 radical (unpaired) electrons. The van der Waals surface area contributed by atoms with E-state index in [1.165, 1.54) is 0 Å². The van der Waals surface area contributed by atoms with Crippen molar-refractivity contribution >= 4 is 0 Å². The van der Waals surface area contributed by atoms with Crippen LogP contribution in [-0.2, 0) is 14.6 Å². The Morgan fingerprint density at radius 3 is 3.00 bits per heavy atom. The van der Waals surface area contributed by atoms with Gasteiger partial charge in [-0.1, -0.05) is 0 Å². The molecule has 0 bridgehead atoms. The van der Waals surface area contributed by atoms with Crippen LogP contribution in [0.25, 0.3) is 0 Å². The SMILES string of the molecule is [CH2]COC1COCC([O])C1. The summed E-state index contributed by atoms with van der Waals surface area (Å²) in [6.45, 7) is 4.82. The van der Waals surface area contributed by atoms with Gasteiger partial charge in [0.2, 0.25) is 0 Å². The molecular formula is C7H12O3. The predicted molar refractivity (Wildman–Crippen MR) is 35.0 cm³/mol. The van der Waals surface area contributed by atoms with Crippen LogP contribution in [0.3, 0.4) is 0 Å². The van der Waals surface area contributed by atoms with Crippen LogP contribution in [0.15, 0.2) is 0 Å². The molecule has 58 valence electrons. The monoisotopic (exact) mass is 144 g/mol. The molecular weight excluding hydrogens is 132 g/mol. The lowest BCUT2D eigenvalue weighted by Gasteiger charge is -2.24. The minimum Gasteiger partial charge on any atom is -0.376 e. The molecule has 2 unspecified atom stereocenters. The van der Waals surface area contributed by atoms with Crippen molar-refractivity contribution in [3.8, 4) is 0 Å². The van der Waals surface area contributed by atoms with Crippen LogP contribution >= 0.6 is 0 Å². The maximum atomic E-state index is 10.8. The first-order chi connectivity index (χ1) is 4.83. The largest absolute Gasteiger partial charge is 0.376 e. The maximum absolute atomic E-state index is 10.8. The van der Waals surface area contributed by atoms with Crippen molar-refractivity contribution in [1.29, 1.82) is 0 Å². The lowest BCUT2D eigenvalue weighted by molar-refractivity contribution is -0.112. The molecule has 3 nitrogen and oxygen atoms in total. The van der Waals surface area contributed by atoms with Crippen LogP contribution in [0.2, 0.25) is 0 Å². The van der Waals surface area contributed by atoms with E-state index in [-0.39, 0.29) is 6.10 Å². The highest BCUT2D eigenvalue weighted by atomic mass is 16.5. The van der Waals surface area contributed by atoms with E-state index in [0.29, 0.717) is 26.2 Å². The standard InChI is InChI=1S/C7H12O3/c1-2-10-7-3-6(8)4-9-5-7/h6-7H,1-5H2. The summed E-state index contributed by atoms with van der Waals surface area (Å²) in [4.78, 5) is 0. The molecule has 10 heavy (non-hydrogen) atoms. The quantitative estimate of drug-likeness (QED) is 0.563. The van der Waals surface area contributed by atoms with Gasteiger partial charge in [-0.15, -0.1) is 0 Å². The molecule has 2 atom stereocenters. The van der Waals surface area contributed by atoms with Crippen LogP contribution in [0.4, 0.5) is 0 Å². The van der Waals surface area contributed by atoms with Crippen LogP contribution < -0.4 is 0 Å². The summed E-state index contributed by atoms with van der Waals surface area (Å²) in [5.74, 6) is 0. The highest BCUT2D eigenvalue weighted by Gasteiger charge is 2.21. The predicted octanol–water partition coefficient (Wildman–Crippen LogP) is 0.425. The van der Waals surface area contributed by atoms with Crippen molar-refractivity contribution in [2.45, 2.75) is 18.6 Å². The van der Waals surface area contributed by atoms with E-state index in [1.807, 2.05) is 0 Å². The molecule has 1 saturated heterocycles. The van der Waals surface area contributed by atoms with Gasteiger partial charge in [-0.3, -0.25) is 0 Å². The minimum absolute atomic E-state index is 0.0197. The molecule has 0 aromatic rings. The van der Waals surface area contributed by atoms with E-state index in [2.05, 4.69) is 6.92 Å². The van der Waals surface area contributed by atoms with Gasteiger partial charge >= 0.3 is 0 Å². The average molecular weight is 144 g/mol. The summed E-state index contributed by atoms with van der Waals surface area (Å²) in [5.41, 5.74) is 0. The normalized spacial score (nSPS) is 34.2. The van der Waals surface area contributed by atoms with E-state index in [4.69, 9.17) is 9.47 Å². The molecule has 0 N–H and O–H groups in total. The Morgan fingerprint density at radius 2 is 2.40 bits per heavy atom. The summed E-state index contributed by atoms with van der Waals surface area (Å²) < 4.78 is 10.1. The molecule has 0 saturated carbocycles. The van der Waals surface area contributed by atoms with Gasteiger partial charge in [0.1, 0.15) is 6.10 Å². The van der Waals surface area contributed by atoms with Crippen LogP contribution in [0, 0.1) is 6.92 Å². The molecule has 0 aliphatic carbocycles. The van der Waals surface area contributed by atoms with Gasteiger partial charge in [-0.2, -0.15) is 0 Å². The number of ether oxygens (including phenoxy) is 2. The summed E-state index contributed by atoms with van der Waals surface area (Å²) >= 11 is 0. The fourth-order valence-electron chi connectivity index (χ4n) is 1.04. The zero-order valence-corrected chi connectivity index (χ0v) is 5.91. The van der Waals surface area contributed by atoms with Crippen molar-refractivity contribution in [2.24, 2.45) is 0 Å². The van der Waals surface area contributed by atoms with Crippen molar-refractivity contribution in [3.63, 3.8) is 0 Å². The van der Waals surface area contributed by atoms with Gasteiger partial charge in [0.15, 0.2) is 0 Å². The smallest absolute Gasteiger partial charge is 0.119 e. The van der Waals surface area contributed by atoms with Crippen molar-refractivity contribution in [1.82, 2.24) is 0 Å². The Balaban J connectivity index is 2.18. The number of hydrogen-bond donors (Lipinski definition) is 0. The second kappa shape index (κ2) is 3.91. The summed E-state index contributed by atoms with van der Waals surface area (Å²) in [6.07, 6.45) is -0.0609. The summed E-state index contributed by atoms with van der Waals surface area (Å²) in [6, 6.07) is 0. The molecule has 1 rings (SSSR count). The van der Waals surface area contributed by atoms with Gasteiger partial charge in [0, 0.05) is 13.0 Å². The van der Waals surface area contributed by atoms with Crippen LogP contribution in [-0.4, -0.2) is 32.0 Å². The van der Waals surface area contributed by atoms with Gasteiger partial charge in [-0.25, -0.2) is 5.11 Å². The molecule has 3 heteroatoms. The summed E-state index contributed by atoms with van der Waals surface area (Å²) in [7, 11) is 0. The van der Waals surface area contributed by atoms with E-state index in [9.17, 15) is 5.11 Å². The first kappa shape index (κ1) is 7.98. The Kier molecular flexibility index (Phi) is 3.12. The number of rotatable bonds is 2. The molecule has 1 aliphatic rings. The van der Waals surface area contributed by atoms with Crippen molar-refractivity contribution in [2.75, 3.05) is 19.8 Å². The Labute approximate surface area is 60.9 Å². The zero-order chi connectivity index (χ0) is 7.40. The third-order valence-corrected chi connectivity index (χ3v) is 1.49. The third kappa shape index (κ3) is 2.25. The van der Waals surface area contributed by atoms with Crippen molar-refractivity contribution in [3.05, 3.63) is 6.92 Å². The Hall–Kier alpha value is -0.120. The van der Waals surface area contributed by atoms with Crippen LogP contribution in [0.5, 0.6) is 0 Å². The third-order valence-electron chi connectivity index (χ3n) is 1.49. The first-order valence-electron chi connectivity index (χ1n) is 3.47. The Morgan fingerprint density at radius 1 is 1.60 bits per heavy atom. The lowest BCUT2D eigenvalue weighted by Crippen LogP contribution is -2.34. The van der Waals surface area contributed by atoms with E-state index >= 15 is 0 Å². The zero-order valence-electron chi connectivity index (χ0n) is 5.91. The van der Waals surface area contributed by atoms with E-state index in [0.717, 1.165) is 0 Å². The van der Waals surface area contributed by atoms with E-state index < -0.39 is 6.10 Å². The highest BCUT2D eigenvalue weighted by Crippen LogP contribution is 2.10. The second-order valence-electron chi connectivity index (χ2n) is 2.39. The van der Waals surface area contributed by atoms with Gasteiger partial charge < -0.3 is 9.47 Å². The molecule has 1 heterocycles. The fourth-order valence-corrected chi connectivity index (χ4v) is 1.04. The average Bonchev–Trinajstić information content (AvgIpc) is 1.88. The molecule has 0 spiro atoms. The molecule has 0 amide bonds. The number of hydrogen-bond acceptors (Lipinski definition) is 2. The van der Waals surface area contributed by atoms with Crippen molar-refractivity contribution < 1.29 is 14.6 Å². The Bertz CT molecular complexity index is 92.9. The molecule has 1 fully saturated rings. The van der Waals surface area contributed by atoms with Gasteiger partial charge in [0.25, 0.3) is 0 Å². The topological polar surface area (TPSA) is 38.4 Å². The van der Waals surface area contributed by atoms with Crippen LogP contribution in [0.1, 0.15) is 6.42 Å². The first-order valence-corrected chi connectivity index (χ1v) is 3.47. The second-order valence-corrected chi connectivity index (χ2v) is 2.39.